The Morgan fingerprint density at radius 3 is 2.45 bits per heavy atom. The molecule has 0 spiro atoms. The van der Waals surface area contributed by atoms with Crippen molar-refractivity contribution in [3.8, 4) is 0 Å². The number of hydrogen-bond acceptors (Lipinski definition) is 3. The normalized spacial score (nSPS) is 12.6. The van der Waals surface area contributed by atoms with Gasteiger partial charge in [0.2, 0.25) is 0 Å². The lowest BCUT2D eigenvalue weighted by molar-refractivity contribution is -0.138. The van der Waals surface area contributed by atoms with Crippen LogP contribution in [0.5, 0.6) is 0 Å². The van der Waals surface area contributed by atoms with Crippen LogP contribution < -0.4 is 5.32 Å². The SMILES string of the molecule is CCS(=O)(=O)CCCNCc1ccccc1C(F)(F)F. The predicted molar refractivity (Wildman–Crippen MR) is 72.1 cm³/mol. The Hall–Kier alpha value is -1.08. The highest BCUT2D eigenvalue weighted by Gasteiger charge is 2.32. The van der Waals surface area contributed by atoms with Gasteiger partial charge in [-0.2, -0.15) is 13.2 Å². The summed E-state index contributed by atoms with van der Waals surface area (Å²) in [6.07, 6.45) is -3.98. The first-order chi connectivity index (χ1) is 9.26. The molecule has 1 rings (SSSR count). The second-order valence-electron chi connectivity index (χ2n) is 4.42. The summed E-state index contributed by atoms with van der Waals surface area (Å²) in [7, 11) is -3.02. The monoisotopic (exact) mass is 309 g/mol. The molecule has 114 valence electrons. The van der Waals surface area contributed by atoms with Crippen LogP contribution in [0.2, 0.25) is 0 Å². The third kappa shape index (κ3) is 5.50. The third-order valence-corrected chi connectivity index (χ3v) is 4.68. The number of rotatable bonds is 7. The Morgan fingerprint density at radius 2 is 1.85 bits per heavy atom. The number of alkyl halides is 3. The van der Waals surface area contributed by atoms with Crippen LogP contribution in [0.1, 0.15) is 24.5 Å². The molecule has 1 N–H and O–H groups in total. The molecule has 0 saturated carbocycles. The molecular formula is C13H18F3NO2S. The second-order valence-corrected chi connectivity index (χ2v) is 6.89. The molecule has 0 bridgehead atoms. The van der Waals surface area contributed by atoms with E-state index in [-0.39, 0.29) is 23.6 Å². The van der Waals surface area contributed by atoms with Crippen LogP contribution in [0.4, 0.5) is 13.2 Å². The van der Waals surface area contributed by atoms with Crippen molar-refractivity contribution < 1.29 is 21.6 Å². The largest absolute Gasteiger partial charge is 0.416 e. The van der Waals surface area contributed by atoms with Gasteiger partial charge < -0.3 is 5.32 Å². The third-order valence-electron chi connectivity index (χ3n) is 2.89. The van der Waals surface area contributed by atoms with E-state index in [1.807, 2.05) is 0 Å². The van der Waals surface area contributed by atoms with Crippen molar-refractivity contribution in [2.75, 3.05) is 18.1 Å². The first kappa shape index (κ1) is 17.0. The molecule has 0 heterocycles. The highest BCUT2D eigenvalue weighted by Crippen LogP contribution is 2.31. The molecule has 0 atom stereocenters. The number of hydrogen-bond donors (Lipinski definition) is 1. The molecule has 0 aromatic heterocycles. The van der Waals surface area contributed by atoms with Crippen molar-refractivity contribution in [3.63, 3.8) is 0 Å². The van der Waals surface area contributed by atoms with E-state index in [0.717, 1.165) is 6.07 Å². The minimum atomic E-state index is -4.37. The summed E-state index contributed by atoms with van der Waals surface area (Å²) in [5.74, 6) is 0.140. The molecule has 0 aliphatic carbocycles. The van der Waals surface area contributed by atoms with E-state index in [1.165, 1.54) is 12.1 Å². The summed E-state index contributed by atoms with van der Waals surface area (Å²) in [5, 5.41) is 2.85. The molecule has 1 aromatic carbocycles. The van der Waals surface area contributed by atoms with Crippen molar-refractivity contribution in [1.82, 2.24) is 5.32 Å². The first-order valence-corrected chi connectivity index (χ1v) is 8.14. The van der Waals surface area contributed by atoms with Crippen LogP contribution in [0.25, 0.3) is 0 Å². The summed E-state index contributed by atoms with van der Waals surface area (Å²) in [5.41, 5.74) is -0.493. The van der Waals surface area contributed by atoms with E-state index < -0.39 is 21.6 Å². The number of sulfone groups is 1. The van der Waals surface area contributed by atoms with Crippen molar-refractivity contribution >= 4 is 9.84 Å². The minimum absolute atomic E-state index is 0.0530. The molecular weight excluding hydrogens is 291 g/mol. The van der Waals surface area contributed by atoms with Crippen LogP contribution in [-0.2, 0) is 22.6 Å². The average molecular weight is 309 g/mol. The molecule has 3 nitrogen and oxygen atoms in total. The van der Waals surface area contributed by atoms with Crippen molar-refractivity contribution in [1.29, 1.82) is 0 Å². The fourth-order valence-electron chi connectivity index (χ4n) is 1.74. The number of halogens is 3. The van der Waals surface area contributed by atoms with Gasteiger partial charge in [0, 0.05) is 12.3 Å². The van der Waals surface area contributed by atoms with E-state index in [1.54, 1.807) is 13.0 Å². The van der Waals surface area contributed by atoms with Gasteiger partial charge in [-0.25, -0.2) is 8.42 Å². The van der Waals surface area contributed by atoms with Gasteiger partial charge in [0.1, 0.15) is 9.84 Å². The number of benzene rings is 1. The zero-order valence-electron chi connectivity index (χ0n) is 11.2. The zero-order valence-corrected chi connectivity index (χ0v) is 12.0. The van der Waals surface area contributed by atoms with Crippen molar-refractivity contribution in [2.45, 2.75) is 26.1 Å². The van der Waals surface area contributed by atoms with Crippen LogP contribution in [0.15, 0.2) is 24.3 Å². The van der Waals surface area contributed by atoms with Gasteiger partial charge in [0.25, 0.3) is 0 Å². The fraction of sp³-hybridized carbons (Fsp3) is 0.538. The van der Waals surface area contributed by atoms with Gasteiger partial charge in [-0.05, 0) is 24.6 Å². The highest BCUT2D eigenvalue weighted by molar-refractivity contribution is 7.91. The Morgan fingerprint density at radius 1 is 1.20 bits per heavy atom. The maximum Gasteiger partial charge on any atom is 0.416 e. The van der Waals surface area contributed by atoms with E-state index in [2.05, 4.69) is 5.32 Å². The summed E-state index contributed by atoms with van der Waals surface area (Å²) in [6.45, 7) is 2.01. The highest BCUT2D eigenvalue weighted by atomic mass is 32.2. The molecule has 0 aliphatic rings. The van der Waals surface area contributed by atoms with Crippen molar-refractivity contribution in [2.24, 2.45) is 0 Å². The van der Waals surface area contributed by atoms with Gasteiger partial charge in [-0.15, -0.1) is 0 Å². The molecule has 7 heteroatoms. The Bertz CT molecular complexity index is 527. The van der Waals surface area contributed by atoms with E-state index >= 15 is 0 Å². The second kappa shape index (κ2) is 7.08. The molecule has 0 saturated heterocycles. The van der Waals surface area contributed by atoms with Gasteiger partial charge in [-0.3, -0.25) is 0 Å². The first-order valence-electron chi connectivity index (χ1n) is 6.32. The fourth-order valence-corrected chi connectivity index (χ4v) is 2.61. The topological polar surface area (TPSA) is 46.2 Å². The summed E-state index contributed by atoms with van der Waals surface area (Å²) >= 11 is 0. The summed E-state index contributed by atoms with van der Waals surface area (Å²) in [4.78, 5) is 0. The Balaban J connectivity index is 2.48. The molecule has 0 fully saturated rings. The molecule has 20 heavy (non-hydrogen) atoms. The van der Waals surface area contributed by atoms with Crippen LogP contribution in [0.3, 0.4) is 0 Å². The van der Waals surface area contributed by atoms with E-state index in [9.17, 15) is 21.6 Å². The maximum atomic E-state index is 12.7. The Kier molecular flexibility index (Phi) is 6.01. The summed E-state index contributed by atoms with van der Waals surface area (Å²) in [6, 6.07) is 5.35. The van der Waals surface area contributed by atoms with Crippen LogP contribution in [-0.4, -0.2) is 26.5 Å². The van der Waals surface area contributed by atoms with Gasteiger partial charge in [0.05, 0.1) is 11.3 Å². The molecule has 0 amide bonds. The maximum absolute atomic E-state index is 12.7. The summed E-state index contributed by atoms with van der Waals surface area (Å²) < 4.78 is 60.6. The van der Waals surface area contributed by atoms with E-state index in [4.69, 9.17) is 0 Å². The predicted octanol–water partition coefficient (Wildman–Crippen LogP) is 2.62. The number of nitrogens with one attached hydrogen (secondary N) is 1. The Labute approximate surface area is 117 Å². The molecule has 0 unspecified atom stereocenters. The zero-order chi connectivity index (χ0) is 15.2. The molecule has 0 radical (unpaired) electrons. The smallest absolute Gasteiger partial charge is 0.313 e. The quantitative estimate of drug-likeness (QED) is 0.788. The lowest BCUT2D eigenvalue weighted by atomic mass is 10.1. The standard InChI is InChI=1S/C13H18F3NO2S/c1-2-20(18,19)9-5-8-17-10-11-6-3-4-7-12(11)13(14,15)16/h3-4,6-7,17H,2,5,8-10H2,1H3. The lowest BCUT2D eigenvalue weighted by Crippen LogP contribution is -2.21. The van der Waals surface area contributed by atoms with Crippen molar-refractivity contribution in [3.05, 3.63) is 35.4 Å². The van der Waals surface area contributed by atoms with E-state index in [0.29, 0.717) is 13.0 Å². The van der Waals surface area contributed by atoms with Gasteiger partial charge >= 0.3 is 6.18 Å². The molecule has 0 aliphatic heterocycles. The minimum Gasteiger partial charge on any atom is -0.313 e. The van der Waals surface area contributed by atoms with Gasteiger partial charge in [0.15, 0.2) is 0 Å². The van der Waals surface area contributed by atoms with Crippen LogP contribution in [0, 0.1) is 0 Å². The van der Waals surface area contributed by atoms with Crippen LogP contribution >= 0.6 is 0 Å². The lowest BCUT2D eigenvalue weighted by Gasteiger charge is -2.13. The molecule has 1 aromatic rings. The average Bonchev–Trinajstić information content (AvgIpc) is 2.37. The van der Waals surface area contributed by atoms with Gasteiger partial charge in [-0.1, -0.05) is 25.1 Å².